The average molecular weight is 436 g/mol. The fourth-order valence-electron chi connectivity index (χ4n) is 3.58. The van der Waals surface area contributed by atoms with Crippen molar-refractivity contribution in [3.63, 3.8) is 0 Å². The standard InChI is InChI=1S/C25H29N3O4/c1-18(26-24(30)13-6-20-4-11-23(32-3)12-5-20)25(31)28-16-14-27(15-17-28)22-9-7-21(8-10-22)19(2)29/h4-13,18H,14-17H2,1-3H3,(H,26,30). The summed E-state index contributed by atoms with van der Waals surface area (Å²) in [4.78, 5) is 40.4. The van der Waals surface area contributed by atoms with Gasteiger partial charge in [-0.25, -0.2) is 0 Å². The number of piperazine rings is 1. The van der Waals surface area contributed by atoms with Gasteiger partial charge in [0.2, 0.25) is 11.8 Å². The first kappa shape index (κ1) is 23.1. The molecule has 1 heterocycles. The van der Waals surface area contributed by atoms with Gasteiger partial charge in [0, 0.05) is 43.5 Å². The molecule has 1 unspecified atom stereocenters. The largest absolute Gasteiger partial charge is 0.497 e. The molecule has 1 saturated heterocycles. The molecule has 7 nitrogen and oxygen atoms in total. The molecule has 0 aliphatic carbocycles. The van der Waals surface area contributed by atoms with Crippen LogP contribution in [0.1, 0.15) is 29.8 Å². The third-order valence-corrected chi connectivity index (χ3v) is 5.50. The van der Waals surface area contributed by atoms with E-state index in [0.717, 1.165) is 17.0 Å². The summed E-state index contributed by atoms with van der Waals surface area (Å²) in [5.41, 5.74) is 2.59. The van der Waals surface area contributed by atoms with Crippen LogP contribution in [-0.2, 0) is 9.59 Å². The van der Waals surface area contributed by atoms with E-state index in [1.165, 1.54) is 6.08 Å². The number of carbonyl (C=O) groups is 3. The van der Waals surface area contributed by atoms with Crippen LogP contribution < -0.4 is 15.0 Å². The maximum absolute atomic E-state index is 12.8. The predicted octanol–water partition coefficient (Wildman–Crippen LogP) is 2.76. The van der Waals surface area contributed by atoms with E-state index in [1.807, 2.05) is 48.5 Å². The molecule has 0 aromatic heterocycles. The Kier molecular flexibility index (Phi) is 7.65. The van der Waals surface area contributed by atoms with E-state index >= 15 is 0 Å². The molecule has 0 radical (unpaired) electrons. The van der Waals surface area contributed by atoms with Crippen LogP contribution in [0.5, 0.6) is 5.75 Å². The molecular weight excluding hydrogens is 406 g/mol. The van der Waals surface area contributed by atoms with Crippen LogP contribution in [0.15, 0.2) is 54.6 Å². The number of rotatable bonds is 7. The van der Waals surface area contributed by atoms with Crippen LogP contribution in [0.25, 0.3) is 6.08 Å². The Balaban J connectivity index is 1.48. The number of nitrogens with one attached hydrogen (secondary N) is 1. The second kappa shape index (κ2) is 10.6. The van der Waals surface area contributed by atoms with Crippen molar-refractivity contribution in [2.45, 2.75) is 19.9 Å². The zero-order valence-corrected chi connectivity index (χ0v) is 18.7. The minimum atomic E-state index is -0.607. The number of hydrogen-bond donors (Lipinski definition) is 1. The van der Waals surface area contributed by atoms with Crippen molar-refractivity contribution in [3.05, 3.63) is 65.7 Å². The summed E-state index contributed by atoms with van der Waals surface area (Å²) in [5, 5.41) is 2.74. The number of benzene rings is 2. The molecular formula is C25H29N3O4. The Morgan fingerprint density at radius 3 is 2.16 bits per heavy atom. The molecule has 7 heteroatoms. The van der Waals surface area contributed by atoms with Crippen molar-refractivity contribution >= 4 is 29.4 Å². The summed E-state index contributed by atoms with van der Waals surface area (Å²) in [7, 11) is 1.60. The molecule has 2 aromatic rings. The summed E-state index contributed by atoms with van der Waals surface area (Å²) in [6, 6.07) is 14.3. The molecule has 1 atom stereocenters. The van der Waals surface area contributed by atoms with Crippen LogP contribution in [-0.4, -0.2) is 61.8 Å². The number of Topliss-reactive ketones (excluding diaryl/α,β-unsaturated/α-hetero) is 1. The molecule has 0 bridgehead atoms. The Labute approximate surface area is 188 Å². The number of anilines is 1. The summed E-state index contributed by atoms with van der Waals surface area (Å²) < 4.78 is 5.12. The lowest BCUT2D eigenvalue weighted by Gasteiger charge is -2.37. The van der Waals surface area contributed by atoms with Crippen LogP contribution >= 0.6 is 0 Å². The molecule has 2 amide bonds. The third-order valence-electron chi connectivity index (χ3n) is 5.50. The maximum atomic E-state index is 12.8. The first-order valence-electron chi connectivity index (χ1n) is 10.6. The lowest BCUT2D eigenvalue weighted by atomic mass is 10.1. The summed E-state index contributed by atoms with van der Waals surface area (Å²) in [6.45, 7) is 5.80. The van der Waals surface area contributed by atoms with E-state index in [-0.39, 0.29) is 17.6 Å². The van der Waals surface area contributed by atoms with Crippen molar-refractivity contribution in [2.24, 2.45) is 0 Å². The topological polar surface area (TPSA) is 79.0 Å². The fraction of sp³-hybridized carbons (Fsp3) is 0.320. The van der Waals surface area contributed by atoms with E-state index in [2.05, 4.69) is 10.2 Å². The van der Waals surface area contributed by atoms with E-state index in [0.29, 0.717) is 31.7 Å². The lowest BCUT2D eigenvalue weighted by Crippen LogP contribution is -2.54. The highest BCUT2D eigenvalue weighted by Gasteiger charge is 2.25. The molecule has 1 N–H and O–H groups in total. The van der Waals surface area contributed by atoms with Crippen molar-refractivity contribution in [2.75, 3.05) is 38.2 Å². The highest BCUT2D eigenvalue weighted by atomic mass is 16.5. The number of hydrogen-bond acceptors (Lipinski definition) is 5. The number of nitrogens with zero attached hydrogens (tertiary/aromatic N) is 2. The quantitative estimate of drug-likeness (QED) is 0.535. The summed E-state index contributed by atoms with van der Waals surface area (Å²) >= 11 is 0. The van der Waals surface area contributed by atoms with Gasteiger partial charge >= 0.3 is 0 Å². The van der Waals surface area contributed by atoms with Gasteiger partial charge in [-0.05, 0) is 61.9 Å². The smallest absolute Gasteiger partial charge is 0.244 e. The second-order valence-corrected chi connectivity index (χ2v) is 7.75. The zero-order valence-electron chi connectivity index (χ0n) is 18.7. The predicted molar refractivity (Wildman–Crippen MR) is 125 cm³/mol. The van der Waals surface area contributed by atoms with Gasteiger partial charge in [-0.2, -0.15) is 0 Å². The number of methoxy groups -OCH3 is 1. The van der Waals surface area contributed by atoms with Crippen molar-refractivity contribution < 1.29 is 19.1 Å². The van der Waals surface area contributed by atoms with Gasteiger partial charge in [-0.1, -0.05) is 12.1 Å². The summed E-state index contributed by atoms with van der Waals surface area (Å²) in [6.07, 6.45) is 3.12. The van der Waals surface area contributed by atoms with Crippen LogP contribution in [0, 0.1) is 0 Å². The molecule has 1 fully saturated rings. The minimum Gasteiger partial charge on any atom is -0.497 e. The molecule has 32 heavy (non-hydrogen) atoms. The Morgan fingerprint density at radius 1 is 0.969 bits per heavy atom. The first-order chi connectivity index (χ1) is 15.4. The Hall–Kier alpha value is -3.61. The monoisotopic (exact) mass is 435 g/mol. The van der Waals surface area contributed by atoms with Crippen LogP contribution in [0.4, 0.5) is 5.69 Å². The van der Waals surface area contributed by atoms with Gasteiger partial charge in [0.1, 0.15) is 11.8 Å². The van der Waals surface area contributed by atoms with Gasteiger partial charge in [0.05, 0.1) is 7.11 Å². The van der Waals surface area contributed by atoms with Crippen molar-refractivity contribution in [3.8, 4) is 5.75 Å². The van der Waals surface area contributed by atoms with E-state index in [9.17, 15) is 14.4 Å². The lowest BCUT2D eigenvalue weighted by molar-refractivity contribution is -0.135. The second-order valence-electron chi connectivity index (χ2n) is 7.75. The van der Waals surface area contributed by atoms with E-state index in [1.54, 1.807) is 31.9 Å². The van der Waals surface area contributed by atoms with Gasteiger partial charge in [0.25, 0.3) is 0 Å². The Bertz CT molecular complexity index is 975. The molecule has 0 saturated carbocycles. The van der Waals surface area contributed by atoms with E-state index in [4.69, 9.17) is 4.74 Å². The SMILES string of the molecule is COc1ccc(C=CC(=O)NC(C)C(=O)N2CCN(c3ccc(C(C)=O)cc3)CC2)cc1. The van der Waals surface area contributed by atoms with Gasteiger partial charge < -0.3 is 19.9 Å². The highest BCUT2D eigenvalue weighted by molar-refractivity contribution is 5.95. The first-order valence-corrected chi connectivity index (χ1v) is 10.6. The van der Waals surface area contributed by atoms with Crippen molar-refractivity contribution in [1.82, 2.24) is 10.2 Å². The number of ether oxygens (including phenoxy) is 1. The minimum absolute atomic E-state index is 0.0434. The maximum Gasteiger partial charge on any atom is 0.244 e. The van der Waals surface area contributed by atoms with Gasteiger partial charge in [-0.3, -0.25) is 14.4 Å². The third kappa shape index (κ3) is 5.97. The average Bonchev–Trinajstić information content (AvgIpc) is 2.82. The van der Waals surface area contributed by atoms with Gasteiger partial charge in [0.15, 0.2) is 5.78 Å². The molecule has 3 rings (SSSR count). The number of carbonyl (C=O) groups excluding carboxylic acids is 3. The number of ketones is 1. The van der Waals surface area contributed by atoms with Gasteiger partial charge in [-0.15, -0.1) is 0 Å². The highest BCUT2D eigenvalue weighted by Crippen LogP contribution is 2.18. The molecule has 168 valence electrons. The zero-order chi connectivity index (χ0) is 23.1. The van der Waals surface area contributed by atoms with Crippen LogP contribution in [0.3, 0.4) is 0 Å². The van der Waals surface area contributed by atoms with E-state index < -0.39 is 6.04 Å². The fourth-order valence-corrected chi connectivity index (χ4v) is 3.58. The Morgan fingerprint density at radius 2 is 1.59 bits per heavy atom. The molecule has 1 aliphatic heterocycles. The number of amides is 2. The normalized spacial score (nSPS) is 14.8. The molecule has 2 aromatic carbocycles. The van der Waals surface area contributed by atoms with Crippen LogP contribution in [0.2, 0.25) is 0 Å². The van der Waals surface area contributed by atoms with Crippen molar-refractivity contribution in [1.29, 1.82) is 0 Å². The molecule has 1 aliphatic rings. The summed E-state index contributed by atoms with van der Waals surface area (Å²) in [5.74, 6) is 0.384. The molecule has 0 spiro atoms.